The van der Waals surface area contributed by atoms with Crippen molar-refractivity contribution < 1.29 is 4.79 Å². The van der Waals surface area contributed by atoms with Crippen LogP contribution in [0.5, 0.6) is 0 Å². The van der Waals surface area contributed by atoms with Crippen LogP contribution in [-0.4, -0.2) is 41.9 Å². The number of carbonyl (C=O) groups excluding carboxylic acids is 1. The Labute approximate surface area is 209 Å². The lowest BCUT2D eigenvalue weighted by Gasteiger charge is -2.30. The molecule has 3 nitrogen and oxygen atoms in total. The van der Waals surface area contributed by atoms with Crippen molar-refractivity contribution in [1.29, 1.82) is 0 Å². The van der Waals surface area contributed by atoms with Crippen LogP contribution in [0.4, 0.5) is 0 Å². The molecule has 2 aromatic carbocycles. The molecule has 2 atom stereocenters. The minimum atomic E-state index is 0.157. The van der Waals surface area contributed by atoms with Crippen LogP contribution in [0.2, 0.25) is 0 Å². The summed E-state index contributed by atoms with van der Waals surface area (Å²) < 4.78 is 0. The van der Waals surface area contributed by atoms with Gasteiger partial charge in [-0.1, -0.05) is 55.8 Å². The fourth-order valence-corrected chi connectivity index (χ4v) is 6.19. The van der Waals surface area contributed by atoms with E-state index in [2.05, 4.69) is 80.1 Å². The van der Waals surface area contributed by atoms with Gasteiger partial charge in [-0.25, -0.2) is 0 Å². The summed E-state index contributed by atoms with van der Waals surface area (Å²) in [5, 5.41) is 2.20. The maximum atomic E-state index is 13.6. The Kier molecular flexibility index (Phi) is 7.90. The monoisotopic (exact) mass is 474 g/mol. The zero-order valence-electron chi connectivity index (χ0n) is 21.3. The van der Waals surface area contributed by atoms with Gasteiger partial charge >= 0.3 is 0 Å². The van der Waals surface area contributed by atoms with Crippen molar-refractivity contribution in [3.63, 3.8) is 0 Å². The number of benzene rings is 2. The lowest BCUT2D eigenvalue weighted by atomic mass is 9.86. The molecule has 2 heterocycles. The van der Waals surface area contributed by atoms with Gasteiger partial charge in [0.15, 0.2) is 0 Å². The van der Waals surface area contributed by atoms with Gasteiger partial charge in [0.25, 0.3) is 5.91 Å². The highest BCUT2D eigenvalue weighted by atomic mass is 32.1. The first-order valence-electron chi connectivity index (χ1n) is 12.5. The molecule has 0 radical (unpaired) electrons. The van der Waals surface area contributed by atoms with E-state index in [4.69, 9.17) is 0 Å². The van der Waals surface area contributed by atoms with Crippen molar-refractivity contribution in [2.75, 3.05) is 26.2 Å². The van der Waals surface area contributed by atoms with Gasteiger partial charge in [-0.3, -0.25) is 9.69 Å². The lowest BCUT2D eigenvalue weighted by Crippen LogP contribution is -2.39. The largest absolute Gasteiger partial charge is 0.338 e. The van der Waals surface area contributed by atoms with Crippen LogP contribution >= 0.6 is 11.3 Å². The Balaban J connectivity index is 1.60. The van der Waals surface area contributed by atoms with Gasteiger partial charge in [0.05, 0.1) is 0 Å². The Morgan fingerprint density at radius 1 is 1.00 bits per heavy atom. The molecule has 1 saturated heterocycles. The zero-order valence-corrected chi connectivity index (χ0v) is 22.1. The molecule has 3 aromatic rings. The minimum Gasteiger partial charge on any atom is -0.338 e. The molecule has 1 aliphatic heterocycles. The van der Waals surface area contributed by atoms with Crippen LogP contribution in [0.1, 0.15) is 57.3 Å². The van der Waals surface area contributed by atoms with Crippen molar-refractivity contribution >= 4 is 17.2 Å². The molecule has 4 heteroatoms. The van der Waals surface area contributed by atoms with Gasteiger partial charge in [-0.15, -0.1) is 11.3 Å². The molecule has 1 aromatic heterocycles. The molecular weight excluding hydrogens is 436 g/mol. The van der Waals surface area contributed by atoms with E-state index in [1.54, 1.807) is 0 Å². The minimum absolute atomic E-state index is 0.157. The topological polar surface area (TPSA) is 23.6 Å². The number of amides is 1. The van der Waals surface area contributed by atoms with Crippen molar-refractivity contribution in [2.45, 2.75) is 47.1 Å². The highest BCUT2D eigenvalue weighted by Crippen LogP contribution is 2.36. The summed E-state index contributed by atoms with van der Waals surface area (Å²) in [7, 11) is 0. The molecule has 0 saturated carbocycles. The number of thiophene rings is 1. The predicted molar refractivity (Wildman–Crippen MR) is 144 cm³/mol. The molecule has 0 N–H and O–H groups in total. The van der Waals surface area contributed by atoms with Crippen LogP contribution < -0.4 is 0 Å². The molecule has 1 aliphatic rings. The third kappa shape index (κ3) is 5.79. The van der Waals surface area contributed by atoms with Crippen molar-refractivity contribution in [1.82, 2.24) is 9.80 Å². The summed E-state index contributed by atoms with van der Waals surface area (Å²) in [5.74, 6) is 1.43. The van der Waals surface area contributed by atoms with E-state index in [1.807, 2.05) is 35.6 Å². The number of nitrogens with zero attached hydrogens (tertiary/aromatic N) is 2. The summed E-state index contributed by atoms with van der Waals surface area (Å²) in [6, 6.07) is 19.1. The smallest absolute Gasteiger partial charge is 0.253 e. The lowest BCUT2D eigenvalue weighted by molar-refractivity contribution is 0.0703. The second-order valence-electron chi connectivity index (χ2n) is 10.4. The van der Waals surface area contributed by atoms with Crippen LogP contribution in [0.25, 0.3) is 0 Å². The van der Waals surface area contributed by atoms with Gasteiger partial charge in [0, 0.05) is 49.1 Å². The maximum absolute atomic E-state index is 13.6. The second kappa shape index (κ2) is 10.9. The Hall–Kier alpha value is -2.43. The summed E-state index contributed by atoms with van der Waals surface area (Å²) in [4.78, 5) is 19.8. The first kappa shape index (κ1) is 24.7. The molecule has 2 unspecified atom stereocenters. The van der Waals surface area contributed by atoms with E-state index in [1.165, 1.54) is 27.1 Å². The molecule has 1 fully saturated rings. The number of hydrogen-bond acceptors (Lipinski definition) is 3. The SMILES string of the molecule is Cc1ccc(C(=O)N(CC(C)C)CC2CN(Cc3sccc3C)CC2c2ccccc2C)cc1. The van der Waals surface area contributed by atoms with E-state index in [0.717, 1.165) is 38.3 Å². The molecule has 0 spiro atoms. The van der Waals surface area contributed by atoms with Crippen molar-refractivity contribution in [2.24, 2.45) is 11.8 Å². The van der Waals surface area contributed by atoms with E-state index in [9.17, 15) is 4.79 Å². The molecule has 0 bridgehead atoms. The maximum Gasteiger partial charge on any atom is 0.253 e. The summed E-state index contributed by atoms with van der Waals surface area (Å²) in [5.41, 5.74) is 6.15. The van der Waals surface area contributed by atoms with E-state index < -0.39 is 0 Å². The van der Waals surface area contributed by atoms with E-state index >= 15 is 0 Å². The van der Waals surface area contributed by atoms with Crippen LogP contribution in [0, 0.1) is 32.6 Å². The molecule has 0 aliphatic carbocycles. The second-order valence-corrected chi connectivity index (χ2v) is 11.4. The van der Waals surface area contributed by atoms with Crippen LogP contribution in [0.3, 0.4) is 0 Å². The zero-order chi connectivity index (χ0) is 24.2. The van der Waals surface area contributed by atoms with E-state index in [-0.39, 0.29) is 5.91 Å². The number of aryl methyl sites for hydroxylation is 3. The number of hydrogen-bond donors (Lipinski definition) is 0. The fourth-order valence-electron chi connectivity index (χ4n) is 5.24. The number of rotatable bonds is 8. The quantitative estimate of drug-likeness (QED) is 0.363. The Bertz CT molecular complexity index is 1100. The van der Waals surface area contributed by atoms with Crippen LogP contribution in [0.15, 0.2) is 60.0 Å². The average Bonchev–Trinajstić information content (AvgIpc) is 3.39. The summed E-state index contributed by atoms with van der Waals surface area (Å²) in [6.07, 6.45) is 0. The highest BCUT2D eigenvalue weighted by molar-refractivity contribution is 7.10. The Morgan fingerprint density at radius 2 is 1.74 bits per heavy atom. The molecule has 4 rings (SSSR count). The fraction of sp³-hybridized carbons (Fsp3) is 0.433. The van der Waals surface area contributed by atoms with Crippen molar-refractivity contribution in [3.05, 3.63) is 92.7 Å². The van der Waals surface area contributed by atoms with Crippen LogP contribution in [-0.2, 0) is 6.54 Å². The third-order valence-electron chi connectivity index (χ3n) is 7.07. The van der Waals surface area contributed by atoms with Gasteiger partial charge in [0.2, 0.25) is 0 Å². The summed E-state index contributed by atoms with van der Waals surface area (Å²) in [6.45, 7) is 15.5. The molecule has 34 heavy (non-hydrogen) atoms. The summed E-state index contributed by atoms with van der Waals surface area (Å²) >= 11 is 1.86. The van der Waals surface area contributed by atoms with Gasteiger partial charge in [-0.2, -0.15) is 0 Å². The Morgan fingerprint density at radius 3 is 2.38 bits per heavy atom. The molecule has 1 amide bonds. The number of carbonyl (C=O) groups is 1. The first-order valence-corrected chi connectivity index (χ1v) is 13.4. The number of likely N-dealkylation sites (tertiary alicyclic amines) is 1. The van der Waals surface area contributed by atoms with Gasteiger partial charge in [-0.05, 0) is 72.9 Å². The third-order valence-corrected chi connectivity index (χ3v) is 8.07. The standard InChI is InChI=1S/C30H38N2OS/c1-21(2)16-32(30(33)25-12-10-22(3)11-13-25)18-26-17-31(20-29-24(5)14-15-34-29)19-28(26)27-9-7-6-8-23(27)4/h6-15,21,26,28H,16-20H2,1-5H3. The molecule has 180 valence electrons. The van der Waals surface area contributed by atoms with Gasteiger partial charge < -0.3 is 4.90 Å². The highest BCUT2D eigenvalue weighted by Gasteiger charge is 2.36. The molecular formula is C30H38N2OS. The van der Waals surface area contributed by atoms with Gasteiger partial charge in [0.1, 0.15) is 0 Å². The normalized spacial score (nSPS) is 18.5. The van der Waals surface area contributed by atoms with E-state index in [0.29, 0.717) is 17.8 Å². The average molecular weight is 475 g/mol. The first-order chi connectivity index (χ1) is 16.3. The van der Waals surface area contributed by atoms with Crippen molar-refractivity contribution in [3.8, 4) is 0 Å². The predicted octanol–water partition coefficient (Wildman–Crippen LogP) is 6.69.